The lowest BCUT2D eigenvalue weighted by Gasteiger charge is -2.21. The number of benzene rings is 2. The van der Waals surface area contributed by atoms with Crippen LogP contribution in [0.1, 0.15) is 36.8 Å². The minimum absolute atomic E-state index is 0.00861. The third kappa shape index (κ3) is 4.20. The Balaban J connectivity index is 1.94. The summed E-state index contributed by atoms with van der Waals surface area (Å²) in [7, 11) is 1.59. The van der Waals surface area contributed by atoms with Gasteiger partial charge in [-0.05, 0) is 37.0 Å². The molecule has 0 unspecified atom stereocenters. The van der Waals surface area contributed by atoms with Crippen molar-refractivity contribution in [3.8, 4) is 5.75 Å². The molecular formula is C22H22O4. The number of hydrogen-bond donors (Lipinski definition) is 0. The van der Waals surface area contributed by atoms with E-state index in [0.717, 1.165) is 24.0 Å². The van der Waals surface area contributed by atoms with Crippen LogP contribution in [0.3, 0.4) is 0 Å². The van der Waals surface area contributed by atoms with E-state index in [4.69, 9.17) is 9.47 Å². The van der Waals surface area contributed by atoms with E-state index in [2.05, 4.69) is 0 Å². The van der Waals surface area contributed by atoms with Crippen LogP contribution in [0.5, 0.6) is 5.75 Å². The fraction of sp³-hybridized carbons (Fsp3) is 0.273. The molecule has 1 aliphatic carbocycles. The van der Waals surface area contributed by atoms with Crippen LogP contribution in [0, 0.1) is 0 Å². The van der Waals surface area contributed by atoms with Gasteiger partial charge in [0.25, 0.3) is 0 Å². The molecule has 1 fully saturated rings. The van der Waals surface area contributed by atoms with E-state index < -0.39 is 12.1 Å². The van der Waals surface area contributed by atoms with Crippen molar-refractivity contribution in [2.75, 3.05) is 7.11 Å². The minimum atomic E-state index is -0.638. The summed E-state index contributed by atoms with van der Waals surface area (Å²) in [4.78, 5) is 24.9. The van der Waals surface area contributed by atoms with Crippen molar-refractivity contribution in [3.63, 3.8) is 0 Å². The van der Waals surface area contributed by atoms with Crippen molar-refractivity contribution in [1.29, 1.82) is 0 Å². The lowest BCUT2D eigenvalue weighted by atomic mass is 9.96. The summed E-state index contributed by atoms with van der Waals surface area (Å²) in [5, 5.41) is 0. The van der Waals surface area contributed by atoms with E-state index in [0.29, 0.717) is 24.2 Å². The summed E-state index contributed by atoms with van der Waals surface area (Å²) >= 11 is 0. The first-order valence-electron chi connectivity index (χ1n) is 8.83. The summed E-state index contributed by atoms with van der Waals surface area (Å²) < 4.78 is 10.9. The molecule has 4 heteroatoms. The van der Waals surface area contributed by atoms with Gasteiger partial charge in [0.05, 0.1) is 12.7 Å². The maximum Gasteiger partial charge on any atom is 0.339 e. The molecule has 0 radical (unpaired) electrons. The van der Waals surface area contributed by atoms with E-state index in [1.54, 1.807) is 13.2 Å². The Morgan fingerprint density at radius 2 is 1.77 bits per heavy atom. The second kappa shape index (κ2) is 8.48. The standard InChI is InChI=1S/C22H22O4/c1-25-20-13-7-5-11-17(20)15-18(16-9-3-2-4-10-16)22(24)26-21-14-8-6-12-19(21)23/h2-5,7,9-11,13,15,21H,6,8,12,14H2,1H3/b18-15+/t21-/m1/s1. The monoisotopic (exact) mass is 350 g/mol. The van der Waals surface area contributed by atoms with Gasteiger partial charge in [0, 0.05) is 12.0 Å². The molecule has 4 nitrogen and oxygen atoms in total. The highest BCUT2D eigenvalue weighted by atomic mass is 16.5. The Hall–Kier alpha value is -2.88. The highest BCUT2D eigenvalue weighted by molar-refractivity contribution is 6.22. The molecular weight excluding hydrogens is 328 g/mol. The average Bonchev–Trinajstić information content (AvgIpc) is 2.68. The first-order chi connectivity index (χ1) is 12.7. The van der Waals surface area contributed by atoms with Crippen LogP contribution >= 0.6 is 0 Å². The zero-order chi connectivity index (χ0) is 18.4. The van der Waals surface area contributed by atoms with Crippen LogP contribution in [0.4, 0.5) is 0 Å². The Morgan fingerprint density at radius 1 is 1.04 bits per heavy atom. The number of para-hydroxylation sites is 1. The maximum absolute atomic E-state index is 12.9. The Kier molecular flexibility index (Phi) is 5.84. The summed E-state index contributed by atoms with van der Waals surface area (Å²) in [5.41, 5.74) is 1.93. The third-order valence-corrected chi connectivity index (χ3v) is 4.49. The number of carbonyl (C=O) groups is 2. The van der Waals surface area contributed by atoms with Crippen LogP contribution in [-0.2, 0) is 14.3 Å². The van der Waals surface area contributed by atoms with Crippen molar-refractivity contribution in [2.24, 2.45) is 0 Å². The van der Waals surface area contributed by atoms with Crippen molar-refractivity contribution in [2.45, 2.75) is 31.8 Å². The van der Waals surface area contributed by atoms with Gasteiger partial charge in [-0.15, -0.1) is 0 Å². The molecule has 0 bridgehead atoms. The number of ether oxygens (including phenoxy) is 2. The zero-order valence-corrected chi connectivity index (χ0v) is 14.8. The highest BCUT2D eigenvalue weighted by Gasteiger charge is 2.27. The molecule has 3 rings (SSSR count). The van der Waals surface area contributed by atoms with Gasteiger partial charge in [0.2, 0.25) is 0 Å². The molecule has 134 valence electrons. The normalized spacial score (nSPS) is 17.7. The fourth-order valence-corrected chi connectivity index (χ4v) is 3.09. The second-order valence-corrected chi connectivity index (χ2v) is 6.27. The Morgan fingerprint density at radius 3 is 2.50 bits per heavy atom. The van der Waals surface area contributed by atoms with Gasteiger partial charge >= 0.3 is 5.97 Å². The first-order valence-corrected chi connectivity index (χ1v) is 8.83. The quantitative estimate of drug-likeness (QED) is 0.458. The molecule has 0 N–H and O–H groups in total. The van der Waals surface area contributed by atoms with E-state index in [9.17, 15) is 9.59 Å². The van der Waals surface area contributed by atoms with Crippen LogP contribution in [-0.4, -0.2) is 25.0 Å². The number of hydrogen-bond acceptors (Lipinski definition) is 4. The number of methoxy groups -OCH3 is 1. The van der Waals surface area contributed by atoms with Gasteiger partial charge in [-0.25, -0.2) is 4.79 Å². The third-order valence-electron chi connectivity index (χ3n) is 4.49. The number of rotatable bonds is 5. The van der Waals surface area contributed by atoms with E-state index in [-0.39, 0.29) is 5.78 Å². The van der Waals surface area contributed by atoms with Crippen LogP contribution < -0.4 is 4.74 Å². The molecule has 0 aliphatic heterocycles. The van der Waals surface area contributed by atoms with Gasteiger partial charge in [0.15, 0.2) is 11.9 Å². The van der Waals surface area contributed by atoms with Crippen molar-refractivity contribution < 1.29 is 19.1 Å². The predicted molar refractivity (Wildman–Crippen MR) is 101 cm³/mol. The van der Waals surface area contributed by atoms with Crippen molar-refractivity contribution in [3.05, 3.63) is 65.7 Å². The van der Waals surface area contributed by atoms with E-state index >= 15 is 0 Å². The van der Waals surface area contributed by atoms with Gasteiger partial charge < -0.3 is 9.47 Å². The van der Waals surface area contributed by atoms with E-state index in [1.807, 2.05) is 54.6 Å². The largest absolute Gasteiger partial charge is 0.496 e. The molecule has 2 aromatic carbocycles. The predicted octanol–water partition coefficient (Wildman–Crippen LogP) is 4.29. The molecule has 26 heavy (non-hydrogen) atoms. The lowest BCUT2D eigenvalue weighted by molar-refractivity contribution is -0.151. The van der Waals surface area contributed by atoms with Gasteiger partial charge in [-0.3, -0.25) is 4.79 Å². The molecule has 1 atom stereocenters. The molecule has 0 heterocycles. The van der Waals surface area contributed by atoms with E-state index in [1.165, 1.54) is 0 Å². The summed E-state index contributed by atoms with van der Waals surface area (Å²) in [5.74, 6) is 0.194. The number of esters is 1. The molecule has 0 saturated heterocycles. The van der Waals surface area contributed by atoms with Crippen molar-refractivity contribution in [1.82, 2.24) is 0 Å². The lowest BCUT2D eigenvalue weighted by Crippen LogP contribution is -2.30. The molecule has 1 saturated carbocycles. The fourth-order valence-electron chi connectivity index (χ4n) is 3.09. The Bertz CT molecular complexity index is 808. The van der Waals surface area contributed by atoms with Gasteiger partial charge in [0.1, 0.15) is 5.75 Å². The molecule has 0 aromatic heterocycles. The smallest absolute Gasteiger partial charge is 0.339 e. The maximum atomic E-state index is 12.9. The summed E-state index contributed by atoms with van der Waals surface area (Å²) in [6.45, 7) is 0. The SMILES string of the molecule is COc1ccccc1/C=C(/C(=O)O[C@@H]1CCCCC1=O)c1ccccc1. The second-order valence-electron chi connectivity index (χ2n) is 6.27. The number of ketones is 1. The average molecular weight is 350 g/mol. The highest BCUT2D eigenvalue weighted by Crippen LogP contribution is 2.27. The number of carbonyl (C=O) groups excluding carboxylic acids is 2. The van der Waals surface area contributed by atoms with Crippen LogP contribution in [0.2, 0.25) is 0 Å². The molecule has 2 aromatic rings. The minimum Gasteiger partial charge on any atom is -0.496 e. The molecule has 0 amide bonds. The van der Waals surface area contributed by atoms with Gasteiger partial charge in [-0.2, -0.15) is 0 Å². The van der Waals surface area contributed by atoms with Gasteiger partial charge in [-0.1, -0.05) is 48.5 Å². The first kappa shape index (κ1) is 17.9. The van der Waals surface area contributed by atoms with Crippen LogP contribution in [0.15, 0.2) is 54.6 Å². The molecule has 0 spiro atoms. The van der Waals surface area contributed by atoms with Crippen LogP contribution in [0.25, 0.3) is 11.6 Å². The molecule has 1 aliphatic rings. The topological polar surface area (TPSA) is 52.6 Å². The number of Topliss-reactive ketones (excluding diaryl/α,β-unsaturated/α-hetero) is 1. The summed E-state index contributed by atoms with van der Waals surface area (Å²) in [6, 6.07) is 16.8. The van der Waals surface area contributed by atoms with Crippen molar-refractivity contribution >= 4 is 23.4 Å². The zero-order valence-electron chi connectivity index (χ0n) is 14.8. The Labute approximate surface area is 153 Å². The summed E-state index contributed by atoms with van der Waals surface area (Å²) in [6.07, 6.45) is 3.97.